The third-order valence-electron chi connectivity index (χ3n) is 3.20. The fraction of sp³-hybridized carbons (Fsp3) is 0.462. The minimum atomic E-state index is 0.258. The van der Waals surface area contributed by atoms with Crippen LogP contribution in [-0.2, 0) is 6.42 Å². The number of hydrogen-bond acceptors (Lipinski definition) is 2. The molecular formula is C13H16N2O. The van der Waals surface area contributed by atoms with Crippen LogP contribution in [0.25, 0.3) is 11.0 Å². The summed E-state index contributed by atoms with van der Waals surface area (Å²) >= 11 is 0. The molecule has 1 fully saturated rings. The number of aliphatic hydroxyl groups is 1. The lowest BCUT2D eigenvalue weighted by molar-refractivity contribution is 0.288. The summed E-state index contributed by atoms with van der Waals surface area (Å²) < 4.78 is 2.28. The van der Waals surface area contributed by atoms with Crippen LogP contribution >= 0.6 is 0 Å². The van der Waals surface area contributed by atoms with Crippen LogP contribution in [0.3, 0.4) is 0 Å². The second-order valence-corrected chi connectivity index (χ2v) is 4.53. The van der Waals surface area contributed by atoms with E-state index in [1.807, 2.05) is 6.33 Å². The van der Waals surface area contributed by atoms with Crippen molar-refractivity contribution in [2.45, 2.75) is 31.7 Å². The summed E-state index contributed by atoms with van der Waals surface area (Å²) in [6.45, 7) is 0.258. The van der Waals surface area contributed by atoms with Gasteiger partial charge in [0, 0.05) is 12.6 Å². The standard InChI is InChI=1S/C13H16N2O/c16-7-1-2-10-3-6-13-12(8-10)14-9-15(13)11-4-5-11/h3,6,8-9,11,16H,1-2,4-5,7H2. The van der Waals surface area contributed by atoms with Crippen molar-refractivity contribution < 1.29 is 5.11 Å². The van der Waals surface area contributed by atoms with Crippen LogP contribution in [0.15, 0.2) is 24.5 Å². The number of fused-ring (bicyclic) bond motifs is 1. The van der Waals surface area contributed by atoms with Gasteiger partial charge in [-0.05, 0) is 43.4 Å². The monoisotopic (exact) mass is 216 g/mol. The van der Waals surface area contributed by atoms with Crippen molar-refractivity contribution in [3.05, 3.63) is 30.1 Å². The molecule has 0 saturated heterocycles. The van der Waals surface area contributed by atoms with Crippen LogP contribution < -0.4 is 0 Å². The van der Waals surface area contributed by atoms with Gasteiger partial charge in [-0.15, -0.1) is 0 Å². The second kappa shape index (κ2) is 3.91. The van der Waals surface area contributed by atoms with Crippen molar-refractivity contribution in [3.8, 4) is 0 Å². The van der Waals surface area contributed by atoms with E-state index in [-0.39, 0.29) is 6.61 Å². The highest BCUT2D eigenvalue weighted by Crippen LogP contribution is 2.37. The summed E-state index contributed by atoms with van der Waals surface area (Å²) in [7, 11) is 0. The maximum atomic E-state index is 8.81. The predicted molar refractivity (Wildman–Crippen MR) is 63.4 cm³/mol. The third-order valence-corrected chi connectivity index (χ3v) is 3.20. The molecule has 16 heavy (non-hydrogen) atoms. The van der Waals surface area contributed by atoms with Crippen LogP contribution in [0.4, 0.5) is 0 Å². The summed E-state index contributed by atoms with van der Waals surface area (Å²) in [6, 6.07) is 7.14. The molecule has 0 radical (unpaired) electrons. The van der Waals surface area contributed by atoms with E-state index in [0.29, 0.717) is 6.04 Å². The zero-order valence-electron chi connectivity index (χ0n) is 9.26. The molecule has 3 heteroatoms. The number of nitrogens with zero attached hydrogens (tertiary/aromatic N) is 2. The summed E-state index contributed by atoms with van der Waals surface area (Å²) in [5, 5.41) is 8.81. The predicted octanol–water partition coefficient (Wildman–Crippen LogP) is 2.30. The Morgan fingerprint density at radius 1 is 1.38 bits per heavy atom. The molecule has 1 N–H and O–H groups in total. The Kier molecular flexibility index (Phi) is 2.40. The molecule has 0 amide bonds. The highest BCUT2D eigenvalue weighted by atomic mass is 16.2. The summed E-state index contributed by atoms with van der Waals surface area (Å²) in [4.78, 5) is 4.45. The van der Waals surface area contributed by atoms with Crippen LogP contribution in [-0.4, -0.2) is 21.3 Å². The quantitative estimate of drug-likeness (QED) is 0.851. The molecule has 1 aromatic carbocycles. The van der Waals surface area contributed by atoms with E-state index in [2.05, 4.69) is 27.8 Å². The van der Waals surface area contributed by atoms with Gasteiger partial charge in [-0.1, -0.05) is 6.07 Å². The fourth-order valence-electron chi connectivity index (χ4n) is 2.16. The molecule has 0 aliphatic heterocycles. The lowest BCUT2D eigenvalue weighted by Gasteiger charge is -2.02. The van der Waals surface area contributed by atoms with Crippen LogP contribution in [0.1, 0.15) is 30.9 Å². The van der Waals surface area contributed by atoms with Crippen LogP contribution in [0.5, 0.6) is 0 Å². The molecule has 2 aromatic rings. The van der Waals surface area contributed by atoms with E-state index in [4.69, 9.17) is 5.11 Å². The highest BCUT2D eigenvalue weighted by Gasteiger charge is 2.24. The maximum absolute atomic E-state index is 8.81. The molecule has 3 rings (SSSR count). The SMILES string of the molecule is OCCCc1ccc2c(c1)ncn2C1CC1. The van der Waals surface area contributed by atoms with Gasteiger partial charge in [0.05, 0.1) is 17.4 Å². The summed E-state index contributed by atoms with van der Waals surface area (Å²) in [5.74, 6) is 0. The first-order chi connectivity index (χ1) is 7.88. The van der Waals surface area contributed by atoms with Gasteiger partial charge >= 0.3 is 0 Å². The Hall–Kier alpha value is -1.35. The molecule has 84 valence electrons. The largest absolute Gasteiger partial charge is 0.396 e. The second-order valence-electron chi connectivity index (χ2n) is 4.53. The molecule has 1 heterocycles. The summed E-state index contributed by atoms with van der Waals surface area (Å²) in [6.07, 6.45) is 6.30. The van der Waals surface area contributed by atoms with Crippen molar-refractivity contribution in [2.24, 2.45) is 0 Å². The van der Waals surface area contributed by atoms with Crippen molar-refractivity contribution in [3.63, 3.8) is 0 Å². The number of benzene rings is 1. The molecule has 1 aliphatic rings. The van der Waals surface area contributed by atoms with Crippen molar-refractivity contribution in [1.29, 1.82) is 0 Å². The van der Waals surface area contributed by atoms with E-state index < -0.39 is 0 Å². The van der Waals surface area contributed by atoms with Gasteiger partial charge in [0.2, 0.25) is 0 Å². The van der Waals surface area contributed by atoms with E-state index >= 15 is 0 Å². The Balaban J connectivity index is 1.93. The lowest BCUT2D eigenvalue weighted by Crippen LogP contribution is -1.92. The Morgan fingerprint density at radius 2 is 2.25 bits per heavy atom. The molecule has 0 unspecified atom stereocenters. The van der Waals surface area contributed by atoms with E-state index in [1.54, 1.807) is 0 Å². The topological polar surface area (TPSA) is 38.1 Å². The van der Waals surface area contributed by atoms with Crippen molar-refractivity contribution in [1.82, 2.24) is 9.55 Å². The minimum absolute atomic E-state index is 0.258. The number of rotatable bonds is 4. The Bertz CT molecular complexity index is 500. The van der Waals surface area contributed by atoms with E-state index in [9.17, 15) is 0 Å². The smallest absolute Gasteiger partial charge is 0.0960 e. The van der Waals surface area contributed by atoms with Gasteiger partial charge in [-0.2, -0.15) is 0 Å². The summed E-state index contributed by atoms with van der Waals surface area (Å²) in [5.41, 5.74) is 3.60. The first kappa shape index (κ1) is 9.85. The van der Waals surface area contributed by atoms with Gasteiger partial charge in [-0.3, -0.25) is 0 Å². The third kappa shape index (κ3) is 1.71. The van der Waals surface area contributed by atoms with Gasteiger partial charge in [0.1, 0.15) is 0 Å². The normalized spacial score (nSPS) is 15.8. The van der Waals surface area contributed by atoms with Gasteiger partial charge in [0.15, 0.2) is 0 Å². The first-order valence-corrected chi connectivity index (χ1v) is 5.95. The molecule has 3 nitrogen and oxygen atoms in total. The molecule has 1 aromatic heterocycles. The maximum Gasteiger partial charge on any atom is 0.0960 e. The average molecular weight is 216 g/mol. The first-order valence-electron chi connectivity index (χ1n) is 5.95. The minimum Gasteiger partial charge on any atom is -0.396 e. The molecular weight excluding hydrogens is 200 g/mol. The highest BCUT2D eigenvalue weighted by molar-refractivity contribution is 5.76. The zero-order chi connectivity index (χ0) is 11.0. The number of aryl methyl sites for hydroxylation is 1. The molecule has 1 saturated carbocycles. The van der Waals surface area contributed by atoms with Crippen LogP contribution in [0.2, 0.25) is 0 Å². The zero-order valence-corrected chi connectivity index (χ0v) is 9.26. The Morgan fingerprint density at radius 3 is 3.00 bits per heavy atom. The number of aromatic nitrogens is 2. The van der Waals surface area contributed by atoms with E-state index in [0.717, 1.165) is 18.4 Å². The lowest BCUT2D eigenvalue weighted by atomic mass is 10.1. The van der Waals surface area contributed by atoms with E-state index in [1.165, 1.54) is 23.9 Å². The molecule has 0 atom stereocenters. The van der Waals surface area contributed by atoms with Gasteiger partial charge in [-0.25, -0.2) is 4.98 Å². The number of imidazole rings is 1. The van der Waals surface area contributed by atoms with Crippen molar-refractivity contribution >= 4 is 11.0 Å². The molecule has 0 spiro atoms. The van der Waals surface area contributed by atoms with Gasteiger partial charge in [0.25, 0.3) is 0 Å². The average Bonchev–Trinajstić information content (AvgIpc) is 3.07. The van der Waals surface area contributed by atoms with Crippen LogP contribution in [0, 0.1) is 0 Å². The van der Waals surface area contributed by atoms with Gasteiger partial charge < -0.3 is 9.67 Å². The fourth-order valence-corrected chi connectivity index (χ4v) is 2.16. The molecule has 1 aliphatic carbocycles. The number of aliphatic hydroxyl groups excluding tert-OH is 1. The Labute approximate surface area is 94.7 Å². The molecule has 0 bridgehead atoms. The van der Waals surface area contributed by atoms with Crippen molar-refractivity contribution in [2.75, 3.05) is 6.61 Å². The number of hydrogen-bond donors (Lipinski definition) is 1.